The third-order valence-corrected chi connectivity index (χ3v) is 3.87. The molecule has 7 nitrogen and oxygen atoms in total. The number of ether oxygens (including phenoxy) is 2. The predicted octanol–water partition coefficient (Wildman–Crippen LogP) is 3.58. The van der Waals surface area contributed by atoms with Gasteiger partial charge in [-0.15, -0.1) is 0 Å². The van der Waals surface area contributed by atoms with Crippen LogP contribution in [0.2, 0.25) is 10.4 Å². The fourth-order valence-electron chi connectivity index (χ4n) is 2.38. The van der Waals surface area contributed by atoms with Gasteiger partial charge >= 0.3 is 5.97 Å². The predicted molar refractivity (Wildman–Crippen MR) is 93.7 cm³/mol. The first-order chi connectivity index (χ1) is 12.0. The summed E-state index contributed by atoms with van der Waals surface area (Å²) in [6.07, 6.45) is 0. The quantitative estimate of drug-likeness (QED) is 0.382. The molecular formula is C16H14Cl2N4O3. The van der Waals surface area contributed by atoms with Gasteiger partial charge < -0.3 is 9.47 Å². The van der Waals surface area contributed by atoms with Gasteiger partial charge in [0.15, 0.2) is 10.8 Å². The fourth-order valence-corrected chi connectivity index (χ4v) is 2.80. The smallest absolute Gasteiger partial charge is 0.338 e. The Bertz CT molecular complexity index is 925. The average Bonchev–Trinajstić information content (AvgIpc) is 2.95. The highest BCUT2D eigenvalue weighted by atomic mass is 35.5. The van der Waals surface area contributed by atoms with Crippen LogP contribution in [0, 0.1) is 0 Å². The van der Waals surface area contributed by atoms with Crippen molar-refractivity contribution in [1.29, 1.82) is 0 Å². The Hall–Kier alpha value is -2.22. The fraction of sp³-hybridized carbons (Fsp3) is 0.250. The van der Waals surface area contributed by atoms with Crippen LogP contribution in [0.3, 0.4) is 0 Å². The first-order valence-corrected chi connectivity index (χ1v) is 8.16. The maximum Gasteiger partial charge on any atom is 0.338 e. The van der Waals surface area contributed by atoms with Crippen LogP contribution < -0.4 is 0 Å². The van der Waals surface area contributed by atoms with Crippen LogP contribution in [-0.2, 0) is 16.2 Å². The number of halogens is 2. The Balaban J connectivity index is 2.10. The molecule has 25 heavy (non-hydrogen) atoms. The van der Waals surface area contributed by atoms with Crippen molar-refractivity contribution < 1.29 is 14.3 Å². The van der Waals surface area contributed by atoms with Gasteiger partial charge in [0.25, 0.3) is 0 Å². The largest absolute Gasteiger partial charge is 0.462 e. The summed E-state index contributed by atoms with van der Waals surface area (Å²) in [5.41, 5.74) is 2.11. The molecule has 0 aliphatic rings. The van der Waals surface area contributed by atoms with Gasteiger partial charge in [0.2, 0.25) is 5.28 Å². The molecule has 0 saturated heterocycles. The van der Waals surface area contributed by atoms with Crippen LogP contribution in [0.25, 0.3) is 22.6 Å². The third-order valence-electron chi connectivity index (χ3n) is 3.44. The zero-order valence-electron chi connectivity index (χ0n) is 13.5. The minimum absolute atomic E-state index is 0.0268. The zero-order valence-corrected chi connectivity index (χ0v) is 15.0. The highest BCUT2D eigenvalue weighted by molar-refractivity contribution is 6.35. The molecular weight excluding hydrogens is 367 g/mol. The monoisotopic (exact) mass is 380 g/mol. The van der Waals surface area contributed by atoms with Gasteiger partial charge in [-0.05, 0) is 30.7 Å². The second-order valence-corrected chi connectivity index (χ2v) is 5.73. The Morgan fingerprint density at radius 3 is 2.52 bits per heavy atom. The molecule has 0 bridgehead atoms. The van der Waals surface area contributed by atoms with E-state index in [2.05, 4.69) is 15.0 Å². The van der Waals surface area contributed by atoms with Crippen molar-refractivity contribution in [2.75, 3.05) is 13.7 Å². The zero-order chi connectivity index (χ0) is 18.0. The molecule has 0 atom stereocenters. The van der Waals surface area contributed by atoms with E-state index >= 15 is 0 Å². The van der Waals surface area contributed by atoms with Gasteiger partial charge in [0.05, 0.1) is 12.2 Å². The highest BCUT2D eigenvalue weighted by Crippen LogP contribution is 2.28. The summed E-state index contributed by atoms with van der Waals surface area (Å²) in [7, 11) is 1.56. The molecule has 0 saturated carbocycles. The van der Waals surface area contributed by atoms with E-state index in [-0.39, 0.29) is 23.1 Å². The van der Waals surface area contributed by atoms with Gasteiger partial charge in [-0.3, -0.25) is 4.57 Å². The Kier molecular flexibility index (Phi) is 5.17. The maximum absolute atomic E-state index is 11.8. The van der Waals surface area contributed by atoms with E-state index in [0.717, 1.165) is 5.56 Å². The number of imidazole rings is 1. The SMILES string of the molecule is CCOC(=O)c1ccc(-c2nc3c(Cl)nc(Cl)nc3n2COC)cc1. The molecule has 0 aliphatic heterocycles. The average molecular weight is 381 g/mol. The lowest BCUT2D eigenvalue weighted by atomic mass is 10.1. The lowest BCUT2D eigenvalue weighted by molar-refractivity contribution is 0.0526. The van der Waals surface area contributed by atoms with Crippen molar-refractivity contribution in [2.24, 2.45) is 0 Å². The lowest BCUT2D eigenvalue weighted by Gasteiger charge is -2.08. The van der Waals surface area contributed by atoms with E-state index < -0.39 is 0 Å². The molecule has 9 heteroatoms. The van der Waals surface area contributed by atoms with Gasteiger partial charge in [-0.25, -0.2) is 14.8 Å². The number of benzene rings is 1. The van der Waals surface area contributed by atoms with E-state index in [0.29, 0.717) is 29.2 Å². The number of aromatic nitrogens is 4. The summed E-state index contributed by atoms with van der Waals surface area (Å²) in [6, 6.07) is 6.87. The topological polar surface area (TPSA) is 79.1 Å². The molecule has 130 valence electrons. The van der Waals surface area contributed by atoms with Crippen molar-refractivity contribution in [2.45, 2.75) is 13.7 Å². The molecule has 0 unspecified atom stereocenters. The van der Waals surface area contributed by atoms with Crippen molar-refractivity contribution in [3.8, 4) is 11.4 Å². The molecule has 0 radical (unpaired) electrons. The molecule has 0 spiro atoms. The molecule has 3 aromatic rings. The number of nitrogens with zero attached hydrogens (tertiary/aromatic N) is 4. The minimum Gasteiger partial charge on any atom is -0.462 e. The van der Waals surface area contributed by atoms with Gasteiger partial charge in [-0.1, -0.05) is 23.7 Å². The number of carbonyl (C=O) groups is 1. The van der Waals surface area contributed by atoms with E-state index in [1.54, 1.807) is 42.9 Å². The third kappa shape index (κ3) is 3.44. The molecule has 2 aromatic heterocycles. The molecule has 1 aromatic carbocycles. The van der Waals surface area contributed by atoms with Gasteiger partial charge in [0, 0.05) is 12.7 Å². The summed E-state index contributed by atoms with van der Waals surface area (Å²) in [6.45, 7) is 2.28. The van der Waals surface area contributed by atoms with Gasteiger partial charge in [0.1, 0.15) is 18.1 Å². The maximum atomic E-state index is 11.8. The van der Waals surface area contributed by atoms with Crippen molar-refractivity contribution in [1.82, 2.24) is 19.5 Å². The lowest BCUT2D eigenvalue weighted by Crippen LogP contribution is -2.05. The summed E-state index contributed by atoms with van der Waals surface area (Å²) >= 11 is 12.0. The van der Waals surface area contributed by atoms with Crippen molar-refractivity contribution >= 4 is 40.3 Å². The molecule has 0 amide bonds. The van der Waals surface area contributed by atoms with Crippen LogP contribution in [0.5, 0.6) is 0 Å². The number of hydrogen-bond acceptors (Lipinski definition) is 6. The van der Waals surface area contributed by atoms with Gasteiger partial charge in [-0.2, -0.15) is 4.98 Å². The molecule has 0 fully saturated rings. The number of carbonyl (C=O) groups excluding carboxylic acids is 1. The number of esters is 1. The van der Waals surface area contributed by atoms with E-state index in [4.69, 9.17) is 32.7 Å². The number of fused-ring (bicyclic) bond motifs is 1. The summed E-state index contributed by atoms with van der Waals surface area (Å²) in [5.74, 6) is 0.200. The van der Waals surface area contributed by atoms with Crippen LogP contribution in [-0.4, -0.2) is 39.2 Å². The van der Waals surface area contributed by atoms with Crippen LogP contribution in [0.1, 0.15) is 17.3 Å². The second-order valence-electron chi connectivity index (χ2n) is 5.03. The highest BCUT2D eigenvalue weighted by Gasteiger charge is 2.18. The van der Waals surface area contributed by atoms with E-state index in [1.807, 2.05) is 0 Å². The van der Waals surface area contributed by atoms with E-state index in [9.17, 15) is 4.79 Å². The molecule has 0 aliphatic carbocycles. The summed E-state index contributed by atoms with van der Waals surface area (Å²) < 4.78 is 11.9. The first-order valence-electron chi connectivity index (χ1n) is 7.41. The second kappa shape index (κ2) is 7.35. The van der Waals surface area contributed by atoms with Crippen molar-refractivity contribution in [3.05, 3.63) is 40.3 Å². The number of hydrogen-bond donors (Lipinski definition) is 0. The van der Waals surface area contributed by atoms with Crippen molar-refractivity contribution in [3.63, 3.8) is 0 Å². The Morgan fingerprint density at radius 2 is 1.88 bits per heavy atom. The first kappa shape index (κ1) is 17.6. The number of methoxy groups -OCH3 is 1. The van der Waals surface area contributed by atoms with Crippen LogP contribution in [0.15, 0.2) is 24.3 Å². The molecule has 0 N–H and O–H groups in total. The standard InChI is InChI=1S/C16H14Cl2N4O3/c1-3-25-15(23)10-6-4-9(5-7-10)13-19-11-12(17)20-16(18)21-14(11)22(13)8-24-2/h4-7H,3,8H2,1-2H3. The summed E-state index contributed by atoms with van der Waals surface area (Å²) in [5, 5.41) is 0.188. The Morgan fingerprint density at radius 1 is 1.16 bits per heavy atom. The Labute approximate surface area is 153 Å². The summed E-state index contributed by atoms with van der Waals surface area (Å²) in [4.78, 5) is 24.4. The minimum atomic E-state index is -0.375. The molecule has 3 rings (SSSR count). The number of rotatable bonds is 5. The van der Waals surface area contributed by atoms with E-state index in [1.165, 1.54) is 0 Å². The van der Waals surface area contributed by atoms with Crippen LogP contribution >= 0.6 is 23.2 Å². The molecule has 2 heterocycles. The van der Waals surface area contributed by atoms with Crippen LogP contribution in [0.4, 0.5) is 0 Å². The normalized spacial score (nSPS) is 11.0.